The zero-order valence-corrected chi connectivity index (χ0v) is 12.9. The number of aliphatic carboxylic acids is 1. The molecule has 7 heteroatoms. The molecule has 112 valence electrons. The van der Waals surface area contributed by atoms with Crippen molar-refractivity contribution in [3.05, 3.63) is 28.2 Å². The van der Waals surface area contributed by atoms with Gasteiger partial charge in [-0.15, -0.1) is 16.4 Å². The third kappa shape index (κ3) is 2.00. The lowest BCUT2D eigenvalue weighted by atomic mass is 9.97. The highest BCUT2D eigenvalue weighted by Gasteiger charge is 2.21. The summed E-state index contributed by atoms with van der Waals surface area (Å²) in [4.78, 5) is 22.3. The number of aromatic nitrogens is 4. The summed E-state index contributed by atoms with van der Waals surface area (Å²) in [6.07, 6.45) is 7.06. The SMILES string of the molecule is Cc1nc2sc3c(c2c2nc(C=CC(=O)O)nn12)CCCC3. The summed E-state index contributed by atoms with van der Waals surface area (Å²) in [7, 11) is 0. The molecule has 0 unspecified atom stereocenters. The van der Waals surface area contributed by atoms with E-state index in [2.05, 4.69) is 15.1 Å². The smallest absolute Gasteiger partial charge is 0.328 e. The molecule has 1 aliphatic rings. The van der Waals surface area contributed by atoms with E-state index in [0.29, 0.717) is 5.82 Å². The first-order valence-corrected chi connectivity index (χ1v) is 8.04. The predicted molar refractivity (Wildman–Crippen MR) is 84.2 cm³/mol. The number of hydrogen-bond acceptors (Lipinski definition) is 5. The van der Waals surface area contributed by atoms with Gasteiger partial charge in [-0.05, 0) is 44.2 Å². The van der Waals surface area contributed by atoms with Crippen molar-refractivity contribution >= 4 is 39.2 Å². The number of aryl methyl sites for hydroxylation is 3. The van der Waals surface area contributed by atoms with Crippen molar-refractivity contribution in [3.63, 3.8) is 0 Å². The van der Waals surface area contributed by atoms with Crippen LogP contribution in [-0.4, -0.2) is 30.7 Å². The summed E-state index contributed by atoms with van der Waals surface area (Å²) in [6, 6.07) is 0. The second kappa shape index (κ2) is 4.88. The molecule has 0 saturated carbocycles. The maximum Gasteiger partial charge on any atom is 0.328 e. The zero-order valence-electron chi connectivity index (χ0n) is 12.0. The van der Waals surface area contributed by atoms with E-state index in [9.17, 15) is 4.79 Å². The van der Waals surface area contributed by atoms with E-state index in [1.807, 2.05) is 6.92 Å². The molecule has 22 heavy (non-hydrogen) atoms. The quantitative estimate of drug-likeness (QED) is 0.735. The minimum atomic E-state index is -1.01. The number of carboxylic acids is 1. The van der Waals surface area contributed by atoms with Gasteiger partial charge in [0, 0.05) is 11.0 Å². The largest absolute Gasteiger partial charge is 0.478 e. The number of carbonyl (C=O) groups is 1. The van der Waals surface area contributed by atoms with Crippen LogP contribution < -0.4 is 0 Å². The summed E-state index contributed by atoms with van der Waals surface area (Å²) < 4.78 is 1.71. The van der Waals surface area contributed by atoms with Crippen LogP contribution in [0.4, 0.5) is 0 Å². The fourth-order valence-electron chi connectivity index (χ4n) is 2.99. The molecule has 0 saturated heterocycles. The van der Waals surface area contributed by atoms with Crippen molar-refractivity contribution in [2.24, 2.45) is 0 Å². The first-order valence-electron chi connectivity index (χ1n) is 7.22. The molecule has 6 nitrogen and oxygen atoms in total. The van der Waals surface area contributed by atoms with Crippen molar-refractivity contribution in [3.8, 4) is 0 Å². The van der Waals surface area contributed by atoms with Crippen molar-refractivity contribution < 1.29 is 9.90 Å². The Morgan fingerprint density at radius 1 is 1.32 bits per heavy atom. The van der Waals surface area contributed by atoms with E-state index >= 15 is 0 Å². The van der Waals surface area contributed by atoms with Gasteiger partial charge in [0.05, 0.1) is 5.39 Å². The molecule has 0 aromatic carbocycles. The van der Waals surface area contributed by atoms with E-state index < -0.39 is 5.97 Å². The topological polar surface area (TPSA) is 80.4 Å². The van der Waals surface area contributed by atoms with Gasteiger partial charge < -0.3 is 5.11 Å². The lowest BCUT2D eigenvalue weighted by Crippen LogP contribution is -2.01. The Bertz CT molecular complexity index is 938. The minimum absolute atomic E-state index is 0.399. The van der Waals surface area contributed by atoms with Crippen molar-refractivity contribution in [2.45, 2.75) is 32.6 Å². The second-order valence-corrected chi connectivity index (χ2v) is 6.51. The highest BCUT2D eigenvalue weighted by atomic mass is 32.1. The summed E-state index contributed by atoms with van der Waals surface area (Å²) in [5.41, 5.74) is 2.14. The third-order valence-electron chi connectivity index (χ3n) is 3.94. The van der Waals surface area contributed by atoms with Gasteiger partial charge in [0.2, 0.25) is 0 Å². The number of nitrogens with zero attached hydrogens (tertiary/aromatic N) is 4. The predicted octanol–water partition coefficient (Wildman–Crippen LogP) is 2.62. The van der Waals surface area contributed by atoms with E-state index in [-0.39, 0.29) is 0 Å². The van der Waals surface area contributed by atoms with Gasteiger partial charge in [0.15, 0.2) is 11.5 Å². The molecule has 3 heterocycles. The van der Waals surface area contributed by atoms with Crippen LogP contribution in [0.3, 0.4) is 0 Å². The Kier molecular flexibility index (Phi) is 2.97. The zero-order chi connectivity index (χ0) is 15.3. The molecule has 0 fully saturated rings. The molecule has 3 aromatic rings. The summed E-state index contributed by atoms with van der Waals surface area (Å²) in [5.74, 6) is 0.158. The molecule has 0 spiro atoms. The first-order chi connectivity index (χ1) is 10.6. The van der Waals surface area contributed by atoms with Crippen LogP contribution in [0.1, 0.15) is 34.9 Å². The third-order valence-corrected chi connectivity index (χ3v) is 5.13. The summed E-state index contributed by atoms with van der Waals surface area (Å²) in [5, 5.41) is 14.2. The van der Waals surface area contributed by atoms with Crippen molar-refractivity contribution in [1.82, 2.24) is 19.6 Å². The maximum absolute atomic E-state index is 10.7. The Morgan fingerprint density at radius 2 is 2.14 bits per heavy atom. The van der Waals surface area contributed by atoms with E-state index in [4.69, 9.17) is 5.11 Å². The van der Waals surface area contributed by atoms with Gasteiger partial charge in [0.25, 0.3) is 0 Å². The van der Waals surface area contributed by atoms with Crippen LogP contribution in [0.2, 0.25) is 0 Å². The first kappa shape index (κ1) is 13.4. The van der Waals surface area contributed by atoms with Crippen LogP contribution in [0.25, 0.3) is 21.9 Å². The van der Waals surface area contributed by atoms with E-state index in [1.165, 1.54) is 29.4 Å². The minimum Gasteiger partial charge on any atom is -0.478 e. The molecule has 0 atom stereocenters. The van der Waals surface area contributed by atoms with E-state index in [0.717, 1.165) is 40.6 Å². The molecule has 3 aromatic heterocycles. The van der Waals surface area contributed by atoms with Crippen LogP contribution >= 0.6 is 11.3 Å². The molecule has 1 N–H and O–H groups in total. The standard InChI is InChI=1S/C15H14N4O2S/c1-8-16-15-13(9-4-2-3-5-10(9)22-15)14-17-11(18-19(8)14)6-7-12(20)21/h6-7H,2-5H2,1H3,(H,20,21). The lowest BCUT2D eigenvalue weighted by Gasteiger charge is -2.10. The summed E-state index contributed by atoms with van der Waals surface area (Å²) >= 11 is 1.75. The average Bonchev–Trinajstić information content (AvgIpc) is 3.05. The molecular formula is C15H14N4O2S. The number of fused-ring (bicyclic) bond motifs is 5. The normalized spacial score (nSPS) is 15.0. The fraction of sp³-hybridized carbons (Fsp3) is 0.333. The monoisotopic (exact) mass is 314 g/mol. The molecule has 0 radical (unpaired) electrons. The van der Waals surface area contributed by atoms with Gasteiger partial charge in [-0.25, -0.2) is 14.8 Å². The Balaban J connectivity index is 2.00. The van der Waals surface area contributed by atoms with E-state index in [1.54, 1.807) is 15.9 Å². The van der Waals surface area contributed by atoms with Crippen LogP contribution in [-0.2, 0) is 17.6 Å². The average molecular weight is 314 g/mol. The Morgan fingerprint density at radius 3 is 2.95 bits per heavy atom. The summed E-state index contributed by atoms with van der Waals surface area (Å²) in [6.45, 7) is 1.89. The number of carboxylic acid groups (broad SMARTS) is 1. The number of hydrogen-bond donors (Lipinski definition) is 1. The number of rotatable bonds is 2. The van der Waals surface area contributed by atoms with Crippen LogP contribution in [0, 0.1) is 6.92 Å². The molecule has 4 rings (SSSR count). The van der Waals surface area contributed by atoms with Gasteiger partial charge in [0.1, 0.15) is 10.7 Å². The Hall–Kier alpha value is -2.28. The maximum atomic E-state index is 10.7. The Labute approximate surface area is 130 Å². The van der Waals surface area contributed by atoms with Crippen LogP contribution in [0.5, 0.6) is 0 Å². The van der Waals surface area contributed by atoms with Crippen molar-refractivity contribution in [1.29, 1.82) is 0 Å². The molecule has 0 aliphatic heterocycles. The highest BCUT2D eigenvalue weighted by Crippen LogP contribution is 2.37. The van der Waals surface area contributed by atoms with Gasteiger partial charge in [-0.2, -0.15) is 4.52 Å². The van der Waals surface area contributed by atoms with Gasteiger partial charge >= 0.3 is 5.97 Å². The number of thiophene rings is 1. The van der Waals surface area contributed by atoms with Crippen LogP contribution in [0.15, 0.2) is 6.08 Å². The van der Waals surface area contributed by atoms with Gasteiger partial charge in [-0.3, -0.25) is 0 Å². The molecule has 0 bridgehead atoms. The second-order valence-electron chi connectivity index (χ2n) is 5.43. The molecule has 0 amide bonds. The highest BCUT2D eigenvalue weighted by molar-refractivity contribution is 7.19. The van der Waals surface area contributed by atoms with Crippen molar-refractivity contribution in [2.75, 3.05) is 0 Å². The fourth-order valence-corrected chi connectivity index (χ4v) is 4.29. The molecule has 1 aliphatic carbocycles. The van der Waals surface area contributed by atoms with Gasteiger partial charge in [-0.1, -0.05) is 0 Å². The lowest BCUT2D eigenvalue weighted by molar-refractivity contribution is -0.131. The molecular weight excluding hydrogens is 300 g/mol.